The number of anilines is 1. The predicted octanol–water partition coefficient (Wildman–Crippen LogP) is 2.96. The second kappa shape index (κ2) is 8.79. The molecule has 0 radical (unpaired) electrons. The zero-order valence-corrected chi connectivity index (χ0v) is 18.4. The van der Waals surface area contributed by atoms with Crippen LogP contribution in [0, 0.1) is 0 Å². The Morgan fingerprint density at radius 3 is 2.30 bits per heavy atom. The van der Waals surface area contributed by atoms with Crippen LogP contribution in [0.2, 0.25) is 0 Å². The fraction of sp³-hybridized carbons (Fsp3) is 0.318. The fourth-order valence-corrected chi connectivity index (χ4v) is 5.38. The van der Waals surface area contributed by atoms with E-state index in [4.69, 9.17) is 9.47 Å². The number of allylic oxidation sites excluding steroid dienone is 1. The van der Waals surface area contributed by atoms with Crippen molar-refractivity contribution in [2.75, 3.05) is 31.6 Å². The van der Waals surface area contributed by atoms with Gasteiger partial charge >= 0.3 is 0 Å². The first kappa shape index (κ1) is 21.7. The lowest BCUT2D eigenvalue weighted by Crippen LogP contribution is -2.41. The van der Waals surface area contributed by atoms with Crippen LogP contribution in [0.25, 0.3) is 5.57 Å². The van der Waals surface area contributed by atoms with Crippen molar-refractivity contribution in [3.63, 3.8) is 0 Å². The van der Waals surface area contributed by atoms with Gasteiger partial charge in [-0.1, -0.05) is 30.3 Å². The molecule has 1 aliphatic rings. The highest BCUT2D eigenvalue weighted by atomic mass is 32.2. The van der Waals surface area contributed by atoms with Crippen molar-refractivity contribution in [1.29, 1.82) is 0 Å². The SMILES string of the molecule is CCN1c2cc(OC)c(OC)cc2C(C)=C(C(=O)NCCc2ccccc2)S1(=O)=O. The normalized spacial score (nSPS) is 14.9. The van der Waals surface area contributed by atoms with E-state index >= 15 is 0 Å². The van der Waals surface area contributed by atoms with Gasteiger partial charge in [-0.3, -0.25) is 9.10 Å². The molecule has 8 heteroatoms. The predicted molar refractivity (Wildman–Crippen MR) is 117 cm³/mol. The monoisotopic (exact) mass is 430 g/mol. The molecule has 0 aromatic heterocycles. The molecule has 0 saturated heterocycles. The van der Waals surface area contributed by atoms with E-state index in [0.29, 0.717) is 41.3 Å². The van der Waals surface area contributed by atoms with Gasteiger partial charge in [0, 0.05) is 24.7 Å². The largest absolute Gasteiger partial charge is 0.493 e. The van der Waals surface area contributed by atoms with Crippen molar-refractivity contribution in [1.82, 2.24) is 5.32 Å². The molecule has 2 aromatic rings. The number of carbonyl (C=O) groups is 1. The first-order chi connectivity index (χ1) is 14.3. The van der Waals surface area contributed by atoms with Gasteiger partial charge in [-0.25, -0.2) is 8.42 Å². The number of ether oxygens (including phenoxy) is 2. The molecule has 0 atom stereocenters. The molecule has 0 spiro atoms. The van der Waals surface area contributed by atoms with Crippen LogP contribution in [0.3, 0.4) is 0 Å². The van der Waals surface area contributed by atoms with E-state index < -0.39 is 15.9 Å². The number of benzene rings is 2. The third kappa shape index (κ3) is 3.87. The summed E-state index contributed by atoms with van der Waals surface area (Å²) >= 11 is 0. The van der Waals surface area contributed by atoms with Crippen LogP contribution in [0.4, 0.5) is 5.69 Å². The molecular weight excluding hydrogens is 404 g/mol. The molecule has 1 amide bonds. The molecule has 3 rings (SSSR count). The zero-order chi connectivity index (χ0) is 21.9. The number of rotatable bonds is 7. The first-order valence-corrected chi connectivity index (χ1v) is 11.1. The average molecular weight is 431 g/mol. The summed E-state index contributed by atoms with van der Waals surface area (Å²) in [6.45, 7) is 3.88. The van der Waals surface area contributed by atoms with E-state index in [1.165, 1.54) is 18.5 Å². The lowest BCUT2D eigenvalue weighted by Gasteiger charge is -2.32. The fourth-order valence-electron chi connectivity index (χ4n) is 3.60. The Hall–Kier alpha value is -3.00. The number of nitrogens with one attached hydrogen (secondary N) is 1. The number of hydrogen-bond acceptors (Lipinski definition) is 5. The van der Waals surface area contributed by atoms with Crippen molar-refractivity contribution < 1.29 is 22.7 Å². The molecule has 1 heterocycles. The lowest BCUT2D eigenvalue weighted by molar-refractivity contribution is -0.116. The minimum atomic E-state index is -4.01. The molecule has 1 aliphatic heterocycles. The van der Waals surface area contributed by atoms with Crippen LogP contribution >= 0.6 is 0 Å². The van der Waals surface area contributed by atoms with Gasteiger partial charge in [0.1, 0.15) is 0 Å². The summed E-state index contributed by atoms with van der Waals surface area (Å²) in [5.74, 6) is 0.283. The Balaban J connectivity index is 1.99. The Kier molecular flexibility index (Phi) is 6.36. The molecule has 2 aromatic carbocycles. The number of amides is 1. The summed E-state index contributed by atoms with van der Waals surface area (Å²) in [6.07, 6.45) is 0.609. The summed E-state index contributed by atoms with van der Waals surface area (Å²) in [6, 6.07) is 13.0. The minimum Gasteiger partial charge on any atom is -0.493 e. The third-order valence-electron chi connectivity index (χ3n) is 5.10. The van der Waals surface area contributed by atoms with Crippen LogP contribution in [0.5, 0.6) is 11.5 Å². The standard InChI is InChI=1S/C22H26N2O5S/c1-5-24-18-14-20(29-4)19(28-3)13-17(18)15(2)21(30(24,26)27)22(25)23-12-11-16-9-7-6-8-10-16/h6-10,13-14H,5,11-12H2,1-4H3,(H,23,25). The molecule has 0 unspecified atom stereocenters. The smallest absolute Gasteiger partial charge is 0.270 e. The van der Waals surface area contributed by atoms with Crippen LogP contribution in [0.1, 0.15) is 25.0 Å². The van der Waals surface area contributed by atoms with Crippen LogP contribution in [0.15, 0.2) is 47.4 Å². The number of hydrogen-bond donors (Lipinski definition) is 1. The summed E-state index contributed by atoms with van der Waals surface area (Å²) in [5.41, 5.74) is 2.53. The van der Waals surface area contributed by atoms with E-state index in [0.717, 1.165) is 5.56 Å². The second-order valence-electron chi connectivity index (χ2n) is 6.84. The first-order valence-electron chi connectivity index (χ1n) is 9.67. The number of fused-ring (bicyclic) bond motifs is 1. The van der Waals surface area contributed by atoms with Crippen molar-refractivity contribution in [2.45, 2.75) is 20.3 Å². The zero-order valence-electron chi connectivity index (χ0n) is 17.6. The van der Waals surface area contributed by atoms with E-state index in [1.807, 2.05) is 30.3 Å². The van der Waals surface area contributed by atoms with Gasteiger partial charge in [0.25, 0.3) is 15.9 Å². The second-order valence-corrected chi connectivity index (χ2v) is 8.64. The maximum absolute atomic E-state index is 13.3. The molecule has 0 saturated carbocycles. The van der Waals surface area contributed by atoms with Gasteiger partial charge in [0.05, 0.1) is 19.9 Å². The molecule has 0 aliphatic carbocycles. The Bertz CT molecular complexity index is 1080. The van der Waals surface area contributed by atoms with E-state index in [2.05, 4.69) is 5.32 Å². The molecule has 0 fully saturated rings. The Morgan fingerprint density at radius 1 is 1.07 bits per heavy atom. The van der Waals surface area contributed by atoms with Crippen LogP contribution in [-0.4, -0.2) is 41.6 Å². The van der Waals surface area contributed by atoms with Gasteiger partial charge in [-0.2, -0.15) is 0 Å². The van der Waals surface area contributed by atoms with Crippen molar-refractivity contribution in [3.8, 4) is 11.5 Å². The molecule has 30 heavy (non-hydrogen) atoms. The minimum absolute atomic E-state index is 0.179. The highest BCUT2D eigenvalue weighted by Crippen LogP contribution is 2.44. The van der Waals surface area contributed by atoms with Gasteiger partial charge in [-0.15, -0.1) is 0 Å². The number of carbonyl (C=O) groups excluding carboxylic acids is 1. The van der Waals surface area contributed by atoms with E-state index in [9.17, 15) is 13.2 Å². The lowest BCUT2D eigenvalue weighted by atomic mass is 10.0. The summed E-state index contributed by atoms with van der Waals surface area (Å²) in [7, 11) is -1.01. The van der Waals surface area contributed by atoms with Crippen molar-refractivity contribution >= 4 is 27.2 Å². The topological polar surface area (TPSA) is 84.9 Å². The van der Waals surface area contributed by atoms with Crippen LogP contribution < -0.4 is 19.1 Å². The van der Waals surface area contributed by atoms with E-state index in [1.54, 1.807) is 26.0 Å². The van der Waals surface area contributed by atoms with Crippen molar-refractivity contribution in [3.05, 3.63) is 58.5 Å². The van der Waals surface area contributed by atoms with E-state index in [-0.39, 0.29) is 11.4 Å². The third-order valence-corrected chi connectivity index (χ3v) is 7.14. The summed E-state index contributed by atoms with van der Waals surface area (Å²) in [4.78, 5) is 12.7. The van der Waals surface area contributed by atoms with Gasteiger partial charge in [0.15, 0.2) is 16.4 Å². The maximum Gasteiger partial charge on any atom is 0.270 e. The van der Waals surface area contributed by atoms with Gasteiger partial charge in [-0.05, 0) is 37.5 Å². The number of sulfonamides is 1. The highest BCUT2D eigenvalue weighted by Gasteiger charge is 2.39. The van der Waals surface area contributed by atoms with Crippen molar-refractivity contribution in [2.24, 2.45) is 0 Å². The Labute approximate surface area is 177 Å². The van der Waals surface area contributed by atoms with Gasteiger partial charge < -0.3 is 14.8 Å². The maximum atomic E-state index is 13.3. The highest BCUT2D eigenvalue weighted by molar-refractivity contribution is 7.97. The summed E-state index contributed by atoms with van der Waals surface area (Å²) < 4.78 is 38.5. The molecular formula is C22H26N2O5S. The molecule has 0 bridgehead atoms. The average Bonchev–Trinajstić information content (AvgIpc) is 2.73. The Morgan fingerprint density at radius 2 is 1.70 bits per heavy atom. The number of methoxy groups -OCH3 is 2. The number of nitrogens with zero attached hydrogens (tertiary/aromatic N) is 1. The summed E-state index contributed by atoms with van der Waals surface area (Å²) in [5, 5.41) is 2.75. The van der Waals surface area contributed by atoms with Gasteiger partial charge in [0.2, 0.25) is 0 Å². The molecule has 1 N–H and O–H groups in total. The quantitative estimate of drug-likeness (QED) is 0.730. The van der Waals surface area contributed by atoms with Crippen LogP contribution in [-0.2, 0) is 21.2 Å². The molecule has 160 valence electrons. The molecule has 7 nitrogen and oxygen atoms in total.